The molecule has 0 aliphatic carbocycles. The molecule has 0 saturated carbocycles. The van der Waals surface area contributed by atoms with Crippen LogP contribution in [0.15, 0.2) is 109 Å². The number of piperidine rings is 1. The highest BCUT2D eigenvalue weighted by atomic mass is 16.2. The second kappa shape index (κ2) is 11.4. The first kappa shape index (κ1) is 25.9. The molecule has 1 fully saturated rings. The van der Waals surface area contributed by atoms with Gasteiger partial charge < -0.3 is 10.2 Å². The van der Waals surface area contributed by atoms with Gasteiger partial charge in [-0.15, -0.1) is 0 Å². The summed E-state index contributed by atoms with van der Waals surface area (Å²) in [6.07, 6.45) is 1.11. The average Bonchev–Trinajstić information content (AvgIpc) is 3.01. The number of likely N-dealkylation sites (tertiary alicyclic amines) is 1. The lowest BCUT2D eigenvalue weighted by Crippen LogP contribution is -2.53. The number of carbonyl (C=O) groups is 2. The molecule has 194 valence electrons. The Morgan fingerprint density at radius 3 is 1.90 bits per heavy atom. The Morgan fingerprint density at radius 1 is 0.795 bits per heavy atom. The summed E-state index contributed by atoms with van der Waals surface area (Å²) in [6, 6.07) is 36.9. The van der Waals surface area contributed by atoms with Gasteiger partial charge in [0.15, 0.2) is 0 Å². The number of nitrogens with zero attached hydrogens (tertiary/aromatic N) is 2. The second-order valence-corrected chi connectivity index (χ2v) is 10.1. The molecular formula is C34H31N3O2. The molecule has 1 saturated heterocycles. The van der Waals surface area contributed by atoms with Crippen LogP contribution in [0.25, 0.3) is 11.1 Å². The van der Waals surface area contributed by atoms with Crippen molar-refractivity contribution in [2.24, 2.45) is 0 Å². The van der Waals surface area contributed by atoms with Crippen LogP contribution in [0.4, 0.5) is 0 Å². The first-order valence-electron chi connectivity index (χ1n) is 13.3. The van der Waals surface area contributed by atoms with E-state index in [0.29, 0.717) is 37.1 Å². The van der Waals surface area contributed by atoms with E-state index in [-0.39, 0.29) is 17.9 Å². The van der Waals surface area contributed by atoms with Crippen LogP contribution in [-0.2, 0) is 10.2 Å². The van der Waals surface area contributed by atoms with Crippen LogP contribution in [-0.4, -0.2) is 29.8 Å². The highest BCUT2D eigenvalue weighted by molar-refractivity contribution is 5.95. The van der Waals surface area contributed by atoms with Gasteiger partial charge in [-0.3, -0.25) is 9.59 Å². The number of amides is 2. The molecule has 39 heavy (non-hydrogen) atoms. The summed E-state index contributed by atoms with van der Waals surface area (Å²) in [4.78, 5) is 29.1. The zero-order chi connectivity index (χ0) is 27.2. The van der Waals surface area contributed by atoms with Crippen molar-refractivity contribution in [2.45, 2.75) is 31.2 Å². The van der Waals surface area contributed by atoms with E-state index >= 15 is 0 Å². The fraction of sp³-hybridized carbons (Fsp3) is 0.206. The molecule has 1 N–H and O–H groups in total. The summed E-state index contributed by atoms with van der Waals surface area (Å²) < 4.78 is 0. The SMILES string of the molecule is C[C@H](NC(=O)C1(c2ccccc2)CCN(C(=O)c2ccc(-c3ccc(C#N)cc3)cc2)CC1)c1ccccc1. The molecule has 1 atom stereocenters. The molecular weight excluding hydrogens is 482 g/mol. The van der Waals surface area contributed by atoms with Gasteiger partial charge >= 0.3 is 0 Å². The van der Waals surface area contributed by atoms with Crippen molar-refractivity contribution >= 4 is 11.8 Å². The standard InChI is InChI=1S/C34H31N3O2/c1-25(27-8-4-2-5-9-27)36-33(39)34(31-10-6-3-7-11-31)20-22-37(23-21-34)32(38)30-18-16-29(17-19-30)28-14-12-26(24-35)13-15-28/h2-19,25H,20-23H2,1H3,(H,36,39)/t25-/m0/s1. The molecule has 1 aliphatic heterocycles. The molecule has 4 aromatic carbocycles. The number of carbonyl (C=O) groups excluding carboxylic acids is 2. The van der Waals surface area contributed by atoms with Crippen LogP contribution in [0.3, 0.4) is 0 Å². The molecule has 0 bridgehead atoms. The van der Waals surface area contributed by atoms with E-state index in [2.05, 4.69) is 11.4 Å². The summed E-state index contributed by atoms with van der Waals surface area (Å²) in [5.74, 6) is -0.0231. The maximum Gasteiger partial charge on any atom is 0.253 e. The molecule has 0 spiro atoms. The Kier molecular flexibility index (Phi) is 7.56. The van der Waals surface area contributed by atoms with Crippen LogP contribution < -0.4 is 5.32 Å². The van der Waals surface area contributed by atoms with Gasteiger partial charge in [0.2, 0.25) is 5.91 Å². The largest absolute Gasteiger partial charge is 0.349 e. The lowest BCUT2D eigenvalue weighted by atomic mass is 9.71. The summed E-state index contributed by atoms with van der Waals surface area (Å²) >= 11 is 0. The molecule has 5 heteroatoms. The van der Waals surface area contributed by atoms with Crippen molar-refractivity contribution in [1.82, 2.24) is 10.2 Å². The van der Waals surface area contributed by atoms with Crippen LogP contribution in [0, 0.1) is 11.3 Å². The minimum Gasteiger partial charge on any atom is -0.349 e. The monoisotopic (exact) mass is 513 g/mol. The van der Waals surface area contributed by atoms with Gasteiger partial charge in [0, 0.05) is 18.7 Å². The number of benzene rings is 4. The maximum atomic E-state index is 13.8. The molecule has 4 aromatic rings. The Bertz CT molecular complexity index is 1470. The van der Waals surface area contributed by atoms with Crippen LogP contribution >= 0.6 is 0 Å². The predicted octanol–water partition coefficient (Wildman–Crippen LogP) is 6.28. The fourth-order valence-corrected chi connectivity index (χ4v) is 5.38. The highest BCUT2D eigenvalue weighted by Gasteiger charge is 2.44. The van der Waals surface area contributed by atoms with E-state index < -0.39 is 5.41 Å². The third-order valence-corrected chi connectivity index (χ3v) is 7.79. The minimum atomic E-state index is -0.694. The topological polar surface area (TPSA) is 73.2 Å². The summed E-state index contributed by atoms with van der Waals surface area (Å²) in [6.45, 7) is 3.00. The van der Waals surface area contributed by atoms with E-state index in [0.717, 1.165) is 22.3 Å². The summed E-state index contributed by atoms with van der Waals surface area (Å²) in [7, 11) is 0. The summed E-state index contributed by atoms with van der Waals surface area (Å²) in [5.41, 5.74) is 4.58. The van der Waals surface area contributed by atoms with E-state index in [1.807, 2.05) is 109 Å². The molecule has 1 aliphatic rings. The smallest absolute Gasteiger partial charge is 0.253 e. The normalized spacial score (nSPS) is 15.1. The van der Waals surface area contributed by atoms with Crippen molar-refractivity contribution in [2.75, 3.05) is 13.1 Å². The van der Waals surface area contributed by atoms with Crippen molar-refractivity contribution in [1.29, 1.82) is 5.26 Å². The number of rotatable bonds is 6. The van der Waals surface area contributed by atoms with Crippen molar-refractivity contribution in [3.8, 4) is 17.2 Å². The minimum absolute atomic E-state index is 0.00363. The lowest BCUT2D eigenvalue weighted by molar-refractivity contribution is -0.129. The fourth-order valence-electron chi connectivity index (χ4n) is 5.38. The van der Waals surface area contributed by atoms with Crippen molar-refractivity contribution in [3.63, 3.8) is 0 Å². The Hall–Kier alpha value is -4.69. The van der Waals surface area contributed by atoms with Gasteiger partial charge in [0.1, 0.15) is 0 Å². The first-order valence-corrected chi connectivity index (χ1v) is 13.3. The zero-order valence-electron chi connectivity index (χ0n) is 22.0. The van der Waals surface area contributed by atoms with Gasteiger partial charge in [-0.05, 0) is 66.3 Å². The Labute approximate surface area is 229 Å². The van der Waals surface area contributed by atoms with Gasteiger partial charge in [-0.1, -0.05) is 84.9 Å². The highest BCUT2D eigenvalue weighted by Crippen LogP contribution is 2.37. The van der Waals surface area contributed by atoms with Crippen LogP contribution in [0.5, 0.6) is 0 Å². The second-order valence-electron chi connectivity index (χ2n) is 10.1. The third-order valence-electron chi connectivity index (χ3n) is 7.79. The molecule has 0 radical (unpaired) electrons. The molecule has 5 nitrogen and oxygen atoms in total. The number of hydrogen-bond acceptors (Lipinski definition) is 3. The summed E-state index contributed by atoms with van der Waals surface area (Å²) in [5, 5.41) is 12.3. The van der Waals surface area contributed by atoms with E-state index in [1.165, 1.54) is 0 Å². The average molecular weight is 514 g/mol. The van der Waals surface area contributed by atoms with Gasteiger partial charge in [0.05, 0.1) is 23.1 Å². The molecule has 1 heterocycles. The van der Waals surface area contributed by atoms with Gasteiger partial charge in [0.25, 0.3) is 5.91 Å². The Balaban J connectivity index is 1.30. The maximum absolute atomic E-state index is 13.8. The van der Waals surface area contributed by atoms with Crippen molar-refractivity contribution < 1.29 is 9.59 Å². The molecule has 5 rings (SSSR count). The zero-order valence-corrected chi connectivity index (χ0v) is 22.0. The number of nitriles is 1. The first-order chi connectivity index (χ1) is 19.0. The van der Waals surface area contributed by atoms with E-state index in [4.69, 9.17) is 5.26 Å². The Morgan fingerprint density at radius 2 is 1.33 bits per heavy atom. The predicted molar refractivity (Wildman–Crippen MR) is 153 cm³/mol. The van der Waals surface area contributed by atoms with Crippen molar-refractivity contribution in [3.05, 3.63) is 131 Å². The number of nitrogens with one attached hydrogen (secondary N) is 1. The van der Waals surface area contributed by atoms with Crippen LogP contribution in [0.2, 0.25) is 0 Å². The van der Waals surface area contributed by atoms with Gasteiger partial charge in [-0.25, -0.2) is 0 Å². The van der Waals surface area contributed by atoms with E-state index in [1.54, 1.807) is 12.1 Å². The van der Waals surface area contributed by atoms with Crippen LogP contribution in [0.1, 0.15) is 52.9 Å². The molecule has 0 aromatic heterocycles. The van der Waals surface area contributed by atoms with E-state index in [9.17, 15) is 9.59 Å². The number of hydrogen-bond donors (Lipinski definition) is 1. The third kappa shape index (κ3) is 5.46. The molecule has 2 amide bonds. The quantitative estimate of drug-likeness (QED) is 0.330. The lowest BCUT2D eigenvalue weighted by Gasteiger charge is -2.41. The molecule has 0 unspecified atom stereocenters. The van der Waals surface area contributed by atoms with Gasteiger partial charge in [-0.2, -0.15) is 5.26 Å².